The van der Waals surface area contributed by atoms with Crippen molar-refractivity contribution in [2.24, 2.45) is 0 Å². The lowest BCUT2D eigenvalue weighted by Gasteiger charge is -2.09. The van der Waals surface area contributed by atoms with Crippen molar-refractivity contribution in [3.05, 3.63) is 71.7 Å². The normalized spacial score (nSPS) is 11.4. The van der Waals surface area contributed by atoms with Crippen molar-refractivity contribution in [2.75, 3.05) is 0 Å². The second-order valence-electron chi connectivity index (χ2n) is 5.42. The Hall–Kier alpha value is -2.68. The van der Waals surface area contributed by atoms with Crippen LogP contribution in [-0.2, 0) is 11.3 Å². The fourth-order valence-electron chi connectivity index (χ4n) is 2.73. The van der Waals surface area contributed by atoms with Crippen LogP contribution >= 0.6 is 0 Å². The number of benzene rings is 1. The second-order valence-corrected chi connectivity index (χ2v) is 5.42. The van der Waals surface area contributed by atoms with Gasteiger partial charge >= 0.3 is 0 Å². The predicted octanol–water partition coefficient (Wildman–Crippen LogP) is 4.00. The van der Waals surface area contributed by atoms with Gasteiger partial charge < -0.3 is 4.57 Å². The zero-order valence-electron chi connectivity index (χ0n) is 12.8. The van der Waals surface area contributed by atoms with E-state index in [4.69, 9.17) is 0 Å². The molecule has 3 heteroatoms. The van der Waals surface area contributed by atoms with Crippen LogP contribution in [0.5, 0.6) is 0 Å². The number of hydrogen-bond donors (Lipinski definition) is 0. The molecule has 3 rings (SSSR count). The van der Waals surface area contributed by atoms with Crippen LogP contribution in [0.15, 0.2) is 54.9 Å². The summed E-state index contributed by atoms with van der Waals surface area (Å²) in [6, 6.07) is 12.3. The average Bonchev–Trinajstić information content (AvgIpc) is 2.79. The number of rotatable bonds is 4. The molecule has 22 heavy (non-hydrogen) atoms. The molecule has 0 amide bonds. The molecule has 0 aliphatic heterocycles. The quantitative estimate of drug-likeness (QED) is 0.681. The highest BCUT2D eigenvalue weighted by Gasteiger charge is 2.12. The molecule has 110 valence electrons. The molecule has 0 saturated heterocycles. The molecule has 0 aliphatic carbocycles. The highest BCUT2D eigenvalue weighted by atomic mass is 16.1. The third-order valence-electron chi connectivity index (χ3n) is 3.83. The summed E-state index contributed by atoms with van der Waals surface area (Å²) in [5, 5.41) is 1.13. The third kappa shape index (κ3) is 2.70. The van der Waals surface area contributed by atoms with Crippen molar-refractivity contribution in [2.45, 2.75) is 20.4 Å². The predicted molar refractivity (Wildman–Crippen MR) is 89.7 cm³/mol. The summed E-state index contributed by atoms with van der Waals surface area (Å²) in [5.41, 5.74) is 4.58. The van der Waals surface area contributed by atoms with Gasteiger partial charge in [0.15, 0.2) is 5.78 Å². The zero-order valence-corrected chi connectivity index (χ0v) is 12.8. The van der Waals surface area contributed by atoms with E-state index in [2.05, 4.69) is 28.6 Å². The van der Waals surface area contributed by atoms with Gasteiger partial charge in [0.05, 0.1) is 5.52 Å². The molecule has 0 unspecified atom stereocenters. The van der Waals surface area contributed by atoms with Crippen LogP contribution in [0.4, 0.5) is 0 Å². The Morgan fingerprint density at radius 2 is 2.00 bits per heavy atom. The fraction of sp³-hybridized carbons (Fsp3) is 0.158. The second kappa shape index (κ2) is 5.98. The summed E-state index contributed by atoms with van der Waals surface area (Å²) in [7, 11) is 0. The summed E-state index contributed by atoms with van der Waals surface area (Å²) in [5.74, 6) is 0.0500. The molecule has 0 atom stereocenters. The van der Waals surface area contributed by atoms with E-state index in [0.29, 0.717) is 0 Å². The van der Waals surface area contributed by atoms with Crippen LogP contribution in [-0.4, -0.2) is 15.3 Å². The van der Waals surface area contributed by atoms with Gasteiger partial charge in [0.2, 0.25) is 0 Å². The first-order valence-corrected chi connectivity index (χ1v) is 7.32. The lowest BCUT2D eigenvalue weighted by molar-refractivity contribution is -0.112. The number of hydrogen-bond acceptors (Lipinski definition) is 2. The Labute approximate surface area is 129 Å². The third-order valence-corrected chi connectivity index (χ3v) is 3.83. The Morgan fingerprint density at radius 1 is 1.23 bits per heavy atom. The summed E-state index contributed by atoms with van der Waals surface area (Å²) in [6.45, 7) is 4.41. The standard InChI is InChI=1S/C19H18N2O/c1-14(22)8-9-18-15(2)17-12-20-11-10-19(17)21(18)13-16-6-4-3-5-7-16/h3-12H,13H2,1-2H3/b9-8+. The van der Waals surface area contributed by atoms with E-state index in [9.17, 15) is 4.79 Å². The van der Waals surface area contributed by atoms with E-state index < -0.39 is 0 Å². The first kappa shape index (κ1) is 14.3. The molecule has 3 aromatic rings. The highest BCUT2D eigenvalue weighted by Crippen LogP contribution is 2.26. The summed E-state index contributed by atoms with van der Waals surface area (Å²) in [6.07, 6.45) is 7.22. The maximum atomic E-state index is 11.3. The van der Waals surface area contributed by atoms with E-state index in [1.54, 1.807) is 13.0 Å². The molecular formula is C19H18N2O. The number of aryl methyl sites for hydroxylation is 1. The van der Waals surface area contributed by atoms with E-state index in [1.807, 2.05) is 42.7 Å². The van der Waals surface area contributed by atoms with Gasteiger partial charge in [-0.3, -0.25) is 9.78 Å². The van der Waals surface area contributed by atoms with Crippen molar-refractivity contribution in [1.29, 1.82) is 0 Å². The number of carbonyl (C=O) groups is 1. The van der Waals surface area contributed by atoms with E-state index in [1.165, 1.54) is 5.56 Å². The van der Waals surface area contributed by atoms with Crippen molar-refractivity contribution < 1.29 is 4.79 Å². The van der Waals surface area contributed by atoms with Crippen LogP contribution in [0.3, 0.4) is 0 Å². The molecular weight excluding hydrogens is 272 g/mol. The van der Waals surface area contributed by atoms with Gasteiger partial charge in [-0.2, -0.15) is 0 Å². The number of nitrogens with zero attached hydrogens (tertiary/aromatic N) is 2. The van der Waals surface area contributed by atoms with E-state index in [-0.39, 0.29) is 5.78 Å². The monoisotopic (exact) mass is 290 g/mol. The smallest absolute Gasteiger partial charge is 0.152 e. The summed E-state index contributed by atoms with van der Waals surface area (Å²) in [4.78, 5) is 15.5. The fourth-order valence-corrected chi connectivity index (χ4v) is 2.73. The first-order valence-electron chi connectivity index (χ1n) is 7.32. The Morgan fingerprint density at radius 3 is 2.73 bits per heavy atom. The number of ketones is 1. The van der Waals surface area contributed by atoms with Crippen molar-refractivity contribution in [1.82, 2.24) is 9.55 Å². The molecule has 0 fully saturated rings. The van der Waals surface area contributed by atoms with Crippen LogP contribution in [0, 0.1) is 6.92 Å². The van der Waals surface area contributed by atoms with Gasteiger partial charge in [-0.1, -0.05) is 30.3 Å². The Kier molecular flexibility index (Phi) is 3.88. The maximum absolute atomic E-state index is 11.3. The molecule has 0 saturated carbocycles. The zero-order chi connectivity index (χ0) is 15.5. The van der Waals surface area contributed by atoms with Crippen molar-refractivity contribution in [3.8, 4) is 0 Å². The lowest BCUT2D eigenvalue weighted by Crippen LogP contribution is -2.02. The SMILES string of the molecule is CC(=O)/C=C/c1c(C)c2cnccc2n1Cc1ccccc1. The van der Waals surface area contributed by atoms with Crippen molar-refractivity contribution in [3.63, 3.8) is 0 Å². The van der Waals surface area contributed by atoms with Gasteiger partial charge in [-0.15, -0.1) is 0 Å². The Bertz CT molecular complexity index is 845. The minimum absolute atomic E-state index is 0.0500. The molecule has 0 spiro atoms. The minimum Gasteiger partial charge on any atom is -0.336 e. The number of pyridine rings is 1. The van der Waals surface area contributed by atoms with Gasteiger partial charge in [-0.25, -0.2) is 0 Å². The van der Waals surface area contributed by atoms with Crippen molar-refractivity contribution >= 4 is 22.8 Å². The summed E-state index contributed by atoms with van der Waals surface area (Å²) >= 11 is 0. The van der Waals surface area contributed by atoms with Gasteiger partial charge in [0.25, 0.3) is 0 Å². The molecule has 1 aromatic carbocycles. The molecule has 0 aliphatic rings. The summed E-state index contributed by atoms with van der Waals surface area (Å²) < 4.78 is 2.24. The maximum Gasteiger partial charge on any atom is 0.152 e. The number of fused-ring (bicyclic) bond motifs is 1. The van der Waals surface area contributed by atoms with Crippen LogP contribution in [0.1, 0.15) is 23.7 Å². The molecule has 0 bridgehead atoms. The topological polar surface area (TPSA) is 34.9 Å². The van der Waals surface area contributed by atoms with E-state index in [0.717, 1.165) is 28.7 Å². The van der Waals surface area contributed by atoms with Gasteiger partial charge in [0, 0.05) is 30.0 Å². The van der Waals surface area contributed by atoms with Gasteiger partial charge in [-0.05, 0) is 43.2 Å². The average molecular weight is 290 g/mol. The highest BCUT2D eigenvalue weighted by molar-refractivity contribution is 5.94. The molecule has 2 aromatic heterocycles. The largest absolute Gasteiger partial charge is 0.336 e. The van der Waals surface area contributed by atoms with Crippen LogP contribution < -0.4 is 0 Å². The molecule has 0 N–H and O–H groups in total. The molecule has 2 heterocycles. The minimum atomic E-state index is 0.0500. The molecule has 0 radical (unpaired) electrons. The number of allylic oxidation sites excluding steroid dienone is 1. The first-order chi connectivity index (χ1) is 10.7. The van der Waals surface area contributed by atoms with Gasteiger partial charge in [0.1, 0.15) is 0 Å². The van der Waals surface area contributed by atoms with E-state index >= 15 is 0 Å². The van der Waals surface area contributed by atoms with Crippen LogP contribution in [0.2, 0.25) is 0 Å². The molecule has 3 nitrogen and oxygen atoms in total. The number of aromatic nitrogens is 2. The lowest BCUT2D eigenvalue weighted by atomic mass is 10.2. The Balaban J connectivity index is 2.17. The number of carbonyl (C=O) groups excluding carboxylic acids is 1. The van der Waals surface area contributed by atoms with Crippen LogP contribution in [0.25, 0.3) is 17.0 Å².